The third-order valence-electron chi connectivity index (χ3n) is 1.91. The highest BCUT2D eigenvalue weighted by molar-refractivity contribution is 5.21. The molecular formula is C10H15NO. The van der Waals surface area contributed by atoms with Crippen LogP contribution >= 0.6 is 0 Å². The number of aliphatic hydroxyl groups is 1. The van der Waals surface area contributed by atoms with Crippen molar-refractivity contribution in [3.05, 3.63) is 29.1 Å². The highest BCUT2D eigenvalue weighted by atomic mass is 16.3. The molecule has 0 saturated carbocycles. The van der Waals surface area contributed by atoms with Crippen molar-refractivity contribution >= 4 is 0 Å². The monoisotopic (exact) mass is 165 g/mol. The number of aromatic nitrogens is 1. The summed E-state index contributed by atoms with van der Waals surface area (Å²) in [4.78, 5) is 4.33. The molecular weight excluding hydrogens is 150 g/mol. The van der Waals surface area contributed by atoms with Crippen molar-refractivity contribution in [2.75, 3.05) is 0 Å². The van der Waals surface area contributed by atoms with Gasteiger partial charge < -0.3 is 5.11 Å². The molecule has 0 spiro atoms. The van der Waals surface area contributed by atoms with E-state index in [1.54, 1.807) is 0 Å². The summed E-state index contributed by atoms with van der Waals surface area (Å²) in [5.74, 6) is 0. The second-order valence-electron chi connectivity index (χ2n) is 2.97. The van der Waals surface area contributed by atoms with Crippen LogP contribution in [0.1, 0.15) is 30.3 Å². The van der Waals surface area contributed by atoms with Crippen molar-refractivity contribution in [2.24, 2.45) is 0 Å². The molecule has 12 heavy (non-hydrogen) atoms. The van der Waals surface area contributed by atoms with E-state index in [1.165, 1.54) is 5.56 Å². The highest BCUT2D eigenvalue weighted by Crippen LogP contribution is 2.08. The molecule has 66 valence electrons. The maximum atomic E-state index is 8.86. The van der Waals surface area contributed by atoms with Crippen LogP contribution in [-0.4, -0.2) is 10.1 Å². The van der Waals surface area contributed by atoms with Gasteiger partial charge in [0.05, 0.1) is 12.3 Å². The quantitative estimate of drug-likeness (QED) is 0.741. The molecule has 0 radical (unpaired) electrons. The minimum absolute atomic E-state index is 0.0387. The van der Waals surface area contributed by atoms with Gasteiger partial charge in [0.25, 0.3) is 0 Å². The smallest absolute Gasteiger partial charge is 0.0853 e. The Labute approximate surface area is 73.3 Å². The van der Waals surface area contributed by atoms with E-state index in [2.05, 4.69) is 18.8 Å². The van der Waals surface area contributed by atoms with Crippen LogP contribution in [0.3, 0.4) is 0 Å². The van der Waals surface area contributed by atoms with Crippen LogP contribution in [0.25, 0.3) is 0 Å². The molecule has 0 fully saturated rings. The Hall–Kier alpha value is -0.890. The van der Waals surface area contributed by atoms with Crippen molar-refractivity contribution in [1.29, 1.82) is 0 Å². The summed E-state index contributed by atoms with van der Waals surface area (Å²) in [6.45, 7) is 4.23. The number of hydrogen-bond donors (Lipinski definition) is 1. The van der Waals surface area contributed by atoms with Crippen molar-refractivity contribution in [1.82, 2.24) is 4.98 Å². The summed E-state index contributed by atoms with van der Waals surface area (Å²) in [6.07, 6.45) is 2.10. The molecule has 0 bridgehead atoms. The molecule has 2 heteroatoms. The second-order valence-corrected chi connectivity index (χ2v) is 2.97. The van der Waals surface area contributed by atoms with Gasteiger partial charge in [0, 0.05) is 5.69 Å². The van der Waals surface area contributed by atoms with Crippen LogP contribution in [0.15, 0.2) is 12.1 Å². The van der Waals surface area contributed by atoms with E-state index in [1.807, 2.05) is 12.1 Å². The average molecular weight is 165 g/mol. The van der Waals surface area contributed by atoms with E-state index in [-0.39, 0.29) is 6.61 Å². The SMILES string of the molecule is CCCc1nc(CO)ccc1C. The van der Waals surface area contributed by atoms with Crippen LogP contribution in [0.5, 0.6) is 0 Å². The van der Waals surface area contributed by atoms with Crippen LogP contribution in [-0.2, 0) is 13.0 Å². The van der Waals surface area contributed by atoms with Crippen molar-refractivity contribution in [2.45, 2.75) is 33.3 Å². The molecule has 0 unspecified atom stereocenters. The van der Waals surface area contributed by atoms with Gasteiger partial charge in [-0.3, -0.25) is 4.98 Å². The maximum absolute atomic E-state index is 8.86. The van der Waals surface area contributed by atoms with Gasteiger partial charge in [-0.15, -0.1) is 0 Å². The first-order chi connectivity index (χ1) is 5.77. The maximum Gasteiger partial charge on any atom is 0.0853 e. The number of hydrogen-bond acceptors (Lipinski definition) is 2. The molecule has 0 amide bonds. The molecule has 0 aliphatic rings. The van der Waals surface area contributed by atoms with Crippen molar-refractivity contribution in [3.8, 4) is 0 Å². The summed E-state index contributed by atoms with van der Waals surface area (Å²) in [7, 11) is 0. The third-order valence-corrected chi connectivity index (χ3v) is 1.91. The molecule has 1 aromatic heterocycles. The largest absolute Gasteiger partial charge is 0.390 e. The van der Waals surface area contributed by atoms with Gasteiger partial charge in [0.2, 0.25) is 0 Å². The zero-order valence-electron chi connectivity index (χ0n) is 7.67. The fourth-order valence-electron chi connectivity index (χ4n) is 1.19. The number of aryl methyl sites for hydroxylation is 2. The lowest BCUT2D eigenvalue weighted by molar-refractivity contribution is 0.276. The van der Waals surface area contributed by atoms with E-state index in [9.17, 15) is 0 Å². The fourth-order valence-corrected chi connectivity index (χ4v) is 1.19. The lowest BCUT2D eigenvalue weighted by Crippen LogP contribution is -1.98. The summed E-state index contributed by atoms with van der Waals surface area (Å²) < 4.78 is 0. The molecule has 1 rings (SSSR count). The Kier molecular flexibility index (Phi) is 3.23. The summed E-state index contributed by atoms with van der Waals surface area (Å²) in [6, 6.07) is 3.89. The Morgan fingerprint density at radius 1 is 1.42 bits per heavy atom. The summed E-state index contributed by atoms with van der Waals surface area (Å²) in [5, 5.41) is 8.86. The first kappa shape index (κ1) is 9.20. The Bertz CT molecular complexity index is 258. The molecule has 1 aromatic rings. The molecule has 0 atom stereocenters. The highest BCUT2D eigenvalue weighted by Gasteiger charge is 1.99. The van der Waals surface area contributed by atoms with Crippen LogP contribution in [0, 0.1) is 6.92 Å². The molecule has 0 aromatic carbocycles. The molecule has 0 aliphatic carbocycles. The van der Waals surface area contributed by atoms with E-state index >= 15 is 0 Å². The first-order valence-corrected chi connectivity index (χ1v) is 4.34. The molecule has 1 N–H and O–H groups in total. The van der Waals surface area contributed by atoms with Crippen molar-refractivity contribution in [3.63, 3.8) is 0 Å². The Morgan fingerprint density at radius 2 is 2.17 bits per heavy atom. The van der Waals surface area contributed by atoms with E-state index in [4.69, 9.17) is 5.11 Å². The molecule has 2 nitrogen and oxygen atoms in total. The van der Waals surface area contributed by atoms with Gasteiger partial charge in [0.1, 0.15) is 0 Å². The Morgan fingerprint density at radius 3 is 2.75 bits per heavy atom. The van der Waals surface area contributed by atoms with Gasteiger partial charge >= 0.3 is 0 Å². The average Bonchev–Trinajstić information content (AvgIpc) is 2.09. The minimum Gasteiger partial charge on any atom is -0.390 e. The third kappa shape index (κ3) is 2.05. The lowest BCUT2D eigenvalue weighted by Gasteiger charge is -2.04. The second kappa shape index (κ2) is 4.21. The minimum atomic E-state index is 0.0387. The lowest BCUT2D eigenvalue weighted by atomic mass is 10.1. The van der Waals surface area contributed by atoms with Gasteiger partial charge in [-0.05, 0) is 25.0 Å². The van der Waals surface area contributed by atoms with E-state index in [0.717, 1.165) is 24.2 Å². The summed E-state index contributed by atoms with van der Waals surface area (Å²) >= 11 is 0. The number of nitrogens with zero attached hydrogens (tertiary/aromatic N) is 1. The number of aliphatic hydroxyl groups excluding tert-OH is 1. The van der Waals surface area contributed by atoms with Gasteiger partial charge in [-0.25, -0.2) is 0 Å². The normalized spacial score (nSPS) is 10.2. The van der Waals surface area contributed by atoms with Gasteiger partial charge in [-0.2, -0.15) is 0 Å². The molecule has 0 saturated heterocycles. The predicted octanol–water partition coefficient (Wildman–Crippen LogP) is 1.83. The zero-order chi connectivity index (χ0) is 8.97. The first-order valence-electron chi connectivity index (χ1n) is 4.34. The standard InChI is InChI=1S/C10H15NO/c1-3-4-10-8(2)5-6-9(7-12)11-10/h5-6,12H,3-4,7H2,1-2H3. The van der Waals surface area contributed by atoms with Gasteiger partial charge in [-0.1, -0.05) is 19.4 Å². The molecule has 0 aliphatic heterocycles. The zero-order valence-corrected chi connectivity index (χ0v) is 7.67. The van der Waals surface area contributed by atoms with Crippen molar-refractivity contribution < 1.29 is 5.11 Å². The van der Waals surface area contributed by atoms with E-state index < -0.39 is 0 Å². The van der Waals surface area contributed by atoms with E-state index in [0.29, 0.717) is 0 Å². The Balaban J connectivity index is 2.91. The molecule has 1 heterocycles. The fraction of sp³-hybridized carbons (Fsp3) is 0.500. The van der Waals surface area contributed by atoms with Crippen LogP contribution in [0.2, 0.25) is 0 Å². The van der Waals surface area contributed by atoms with Crippen LogP contribution in [0.4, 0.5) is 0 Å². The van der Waals surface area contributed by atoms with Crippen LogP contribution < -0.4 is 0 Å². The summed E-state index contributed by atoms with van der Waals surface area (Å²) in [5.41, 5.74) is 3.10. The number of rotatable bonds is 3. The number of pyridine rings is 1. The van der Waals surface area contributed by atoms with Gasteiger partial charge in [0.15, 0.2) is 0 Å². The topological polar surface area (TPSA) is 33.1 Å². The predicted molar refractivity (Wildman–Crippen MR) is 48.9 cm³/mol.